The summed E-state index contributed by atoms with van der Waals surface area (Å²) in [7, 11) is 1.47. The van der Waals surface area contributed by atoms with Crippen LogP contribution in [0.15, 0.2) is 66.2 Å². The molecule has 0 aliphatic heterocycles. The summed E-state index contributed by atoms with van der Waals surface area (Å²) >= 11 is 0. The second-order valence-electron chi connectivity index (χ2n) is 8.06. The number of rotatable bonds is 8. The normalized spacial score (nSPS) is 10.8. The van der Waals surface area contributed by atoms with E-state index < -0.39 is 5.91 Å². The Hall–Kier alpha value is -4.57. The van der Waals surface area contributed by atoms with Gasteiger partial charge in [0.05, 0.1) is 7.11 Å². The highest BCUT2D eigenvalue weighted by molar-refractivity contribution is 6.09. The van der Waals surface area contributed by atoms with Gasteiger partial charge < -0.3 is 20.1 Å². The molecule has 0 aliphatic rings. The first-order chi connectivity index (χ1) is 16.8. The number of carbonyl (C=O) groups is 2. The van der Waals surface area contributed by atoms with Gasteiger partial charge in [0.25, 0.3) is 11.8 Å². The molecular weight excluding hydrogens is 442 g/mol. The van der Waals surface area contributed by atoms with Crippen molar-refractivity contribution in [3.63, 3.8) is 0 Å². The van der Waals surface area contributed by atoms with Gasteiger partial charge in [0.15, 0.2) is 18.1 Å². The number of hydrogen-bond donors (Lipinski definition) is 2. The van der Waals surface area contributed by atoms with Crippen LogP contribution in [0.4, 0.5) is 11.4 Å². The van der Waals surface area contributed by atoms with E-state index >= 15 is 0 Å². The molecular formula is C28H27N3O4. The summed E-state index contributed by atoms with van der Waals surface area (Å²) in [6, 6.07) is 20.0. The van der Waals surface area contributed by atoms with Gasteiger partial charge in [0.1, 0.15) is 11.6 Å². The summed E-state index contributed by atoms with van der Waals surface area (Å²) in [6.07, 6.45) is 1.46. The van der Waals surface area contributed by atoms with Crippen LogP contribution in [0, 0.1) is 32.1 Å². The third-order valence-corrected chi connectivity index (χ3v) is 5.20. The number of nitrogens with one attached hydrogen (secondary N) is 2. The van der Waals surface area contributed by atoms with Crippen molar-refractivity contribution in [1.82, 2.24) is 0 Å². The Morgan fingerprint density at radius 2 is 1.63 bits per heavy atom. The molecule has 0 radical (unpaired) electrons. The van der Waals surface area contributed by atoms with Gasteiger partial charge in [0, 0.05) is 11.4 Å². The smallest absolute Gasteiger partial charge is 0.266 e. The van der Waals surface area contributed by atoms with Crippen molar-refractivity contribution in [2.75, 3.05) is 24.4 Å². The lowest BCUT2D eigenvalue weighted by Crippen LogP contribution is -2.20. The Labute approximate surface area is 205 Å². The van der Waals surface area contributed by atoms with E-state index in [-0.39, 0.29) is 18.1 Å². The largest absolute Gasteiger partial charge is 0.493 e. The molecule has 0 bridgehead atoms. The maximum atomic E-state index is 12.5. The van der Waals surface area contributed by atoms with Gasteiger partial charge in [-0.15, -0.1) is 0 Å². The minimum Gasteiger partial charge on any atom is -0.493 e. The Morgan fingerprint density at radius 1 is 0.914 bits per heavy atom. The number of ether oxygens (including phenoxy) is 2. The molecule has 0 heterocycles. The zero-order chi connectivity index (χ0) is 25.4. The second kappa shape index (κ2) is 11.5. The highest BCUT2D eigenvalue weighted by Crippen LogP contribution is 2.29. The zero-order valence-electron chi connectivity index (χ0n) is 20.1. The topological polar surface area (TPSA) is 100 Å². The van der Waals surface area contributed by atoms with E-state index in [1.165, 1.54) is 13.2 Å². The summed E-state index contributed by atoms with van der Waals surface area (Å²) in [6.45, 7) is 5.61. The summed E-state index contributed by atoms with van der Waals surface area (Å²) in [5.74, 6) is -0.0825. The number of benzene rings is 3. The highest BCUT2D eigenvalue weighted by atomic mass is 16.5. The Balaban J connectivity index is 1.68. The van der Waals surface area contributed by atoms with Crippen LogP contribution in [-0.2, 0) is 9.59 Å². The molecule has 0 saturated carbocycles. The van der Waals surface area contributed by atoms with Crippen LogP contribution in [0.3, 0.4) is 0 Å². The van der Waals surface area contributed by atoms with Gasteiger partial charge in [-0.1, -0.05) is 35.9 Å². The molecule has 3 aromatic carbocycles. The summed E-state index contributed by atoms with van der Waals surface area (Å²) in [5.41, 5.74) is 4.91. The molecule has 0 saturated heterocycles. The van der Waals surface area contributed by atoms with E-state index in [0.717, 1.165) is 22.4 Å². The quantitative estimate of drug-likeness (QED) is 0.350. The SMILES string of the molecule is COc1cc(/C=C(/C#N)C(=O)Nc2ccc(C)cc2)ccc1OCC(=O)Nc1cc(C)ccc1C. The molecule has 0 unspecified atom stereocenters. The average Bonchev–Trinajstić information content (AvgIpc) is 2.85. The fourth-order valence-electron chi connectivity index (χ4n) is 3.24. The predicted molar refractivity (Wildman–Crippen MR) is 136 cm³/mol. The molecule has 7 nitrogen and oxygen atoms in total. The van der Waals surface area contributed by atoms with E-state index in [4.69, 9.17) is 9.47 Å². The molecule has 3 aromatic rings. The van der Waals surface area contributed by atoms with E-state index in [0.29, 0.717) is 22.7 Å². The molecule has 7 heteroatoms. The third-order valence-electron chi connectivity index (χ3n) is 5.20. The average molecular weight is 470 g/mol. The van der Waals surface area contributed by atoms with Crippen molar-refractivity contribution in [3.8, 4) is 17.6 Å². The maximum Gasteiger partial charge on any atom is 0.266 e. The number of anilines is 2. The van der Waals surface area contributed by atoms with Gasteiger partial charge >= 0.3 is 0 Å². The fourth-order valence-corrected chi connectivity index (χ4v) is 3.24. The lowest BCUT2D eigenvalue weighted by molar-refractivity contribution is -0.118. The van der Waals surface area contributed by atoms with Crippen LogP contribution in [0.25, 0.3) is 6.08 Å². The lowest BCUT2D eigenvalue weighted by atomic mass is 10.1. The van der Waals surface area contributed by atoms with Gasteiger partial charge in [-0.05, 0) is 73.9 Å². The van der Waals surface area contributed by atoms with E-state index in [9.17, 15) is 14.9 Å². The minimum absolute atomic E-state index is 0.0609. The van der Waals surface area contributed by atoms with E-state index in [2.05, 4.69) is 10.6 Å². The van der Waals surface area contributed by atoms with Gasteiger partial charge in [-0.3, -0.25) is 9.59 Å². The molecule has 35 heavy (non-hydrogen) atoms. The summed E-state index contributed by atoms with van der Waals surface area (Å²) in [4.78, 5) is 24.9. The number of nitrogens with zero attached hydrogens (tertiary/aromatic N) is 1. The van der Waals surface area contributed by atoms with Crippen LogP contribution < -0.4 is 20.1 Å². The Morgan fingerprint density at radius 3 is 2.31 bits per heavy atom. The van der Waals surface area contributed by atoms with Crippen molar-refractivity contribution >= 4 is 29.3 Å². The Bertz CT molecular complexity index is 1300. The molecule has 0 atom stereocenters. The number of aryl methyl sites for hydroxylation is 3. The van der Waals surface area contributed by atoms with Crippen LogP contribution in [-0.4, -0.2) is 25.5 Å². The monoisotopic (exact) mass is 469 g/mol. The van der Waals surface area contributed by atoms with Crippen molar-refractivity contribution in [1.29, 1.82) is 5.26 Å². The van der Waals surface area contributed by atoms with Crippen LogP contribution in [0.2, 0.25) is 0 Å². The van der Waals surface area contributed by atoms with Crippen LogP contribution >= 0.6 is 0 Å². The Kier molecular flexibility index (Phi) is 8.25. The molecule has 2 N–H and O–H groups in total. The molecule has 178 valence electrons. The number of amides is 2. The zero-order valence-corrected chi connectivity index (χ0v) is 20.1. The number of hydrogen-bond acceptors (Lipinski definition) is 5. The summed E-state index contributed by atoms with van der Waals surface area (Å²) in [5, 5.41) is 15.0. The number of carbonyl (C=O) groups excluding carboxylic acids is 2. The second-order valence-corrected chi connectivity index (χ2v) is 8.06. The van der Waals surface area contributed by atoms with Crippen molar-refractivity contribution in [2.24, 2.45) is 0 Å². The minimum atomic E-state index is -0.515. The fraction of sp³-hybridized carbons (Fsp3) is 0.179. The van der Waals surface area contributed by atoms with Crippen LogP contribution in [0.1, 0.15) is 22.3 Å². The molecule has 0 spiro atoms. The maximum absolute atomic E-state index is 12.5. The van der Waals surface area contributed by atoms with Gasteiger partial charge in [-0.25, -0.2) is 0 Å². The molecule has 3 rings (SSSR count). The first-order valence-electron chi connectivity index (χ1n) is 11.0. The summed E-state index contributed by atoms with van der Waals surface area (Å²) < 4.78 is 11.0. The molecule has 0 aromatic heterocycles. The van der Waals surface area contributed by atoms with E-state index in [1.54, 1.807) is 30.3 Å². The molecule has 0 aliphatic carbocycles. The third kappa shape index (κ3) is 6.95. The first-order valence-corrected chi connectivity index (χ1v) is 11.0. The molecule has 2 amide bonds. The van der Waals surface area contributed by atoms with Crippen molar-refractivity contribution < 1.29 is 19.1 Å². The lowest BCUT2D eigenvalue weighted by Gasteiger charge is -2.13. The standard InChI is InChI=1S/C28H27N3O4/c1-18-6-10-23(11-7-18)30-28(33)22(16-29)14-21-9-12-25(26(15-21)34-4)35-17-27(32)31-24-13-19(2)5-8-20(24)3/h5-15H,17H2,1-4H3,(H,30,33)(H,31,32)/b22-14-. The first kappa shape index (κ1) is 25.1. The predicted octanol–water partition coefficient (Wildman–Crippen LogP) is 5.18. The highest BCUT2D eigenvalue weighted by Gasteiger charge is 2.13. The number of nitriles is 1. The van der Waals surface area contributed by atoms with Gasteiger partial charge in [-0.2, -0.15) is 5.26 Å². The molecule has 0 fully saturated rings. The van der Waals surface area contributed by atoms with Crippen molar-refractivity contribution in [2.45, 2.75) is 20.8 Å². The van der Waals surface area contributed by atoms with E-state index in [1.807, 2.05) is 57.2 Å². The van der Waals surface area contributed by atoms with Crippen molar-refractivity contribution in [3.05, 3.63) is 88.5 Å². The van der Waals surface area contributed by atoms with Crippen LogP contribution in [0.5, 0.6) is 11.5 Å². The van der Waals surface area contributed by atoms with Gasteiger partial charge in [0.2, 0.25) is 0 Å². The number of methoxy groups -OCH3 is 1.